The van der Waals surface area contributed by atoms with Crippen LogP contribution in [0.25, 0.3) is 0 Å². The summed E-state index contributed by atoms with van der Waals surface area (Å²) in [5, 5.41) is 15.4. The van der Waals surface area contributed by atoms with Crippen LogP contribution in [-0.2, 0) is 27.2 Å². The number of rotatable bonds is 5. The summed E-state index contributed by atoms with van der Waals surface area (Å²) < 4.78 is 0. The Bertz CT molecular complexity index is 1000. The average molecular weight is 440 g/mol. The highest BCUT2D eigenvalue weighted by molar-refractivity contribution is 7.98. The Hall–Kier alpha value is -2.84. The van der Waals surface area contributed by atoms with Crippen molar-refractivity contribution in [2.45, 2.75) is 36.7 Å². The molecule has 3 amide bonds. The molecule has 0 aromatic heterocycles. The summed E-state index contributed by atoms with van der Waals surface area (Å²) in [6.45, 7) is 0.673. The monoisotopic (exact) mass is 439 g/mol. The minimum Gasteiger partial charge on any atom is -0.387 e. The maximum atomic E-state index is 12.4. The summed E-state index contributed by atoms with van der Waals surface area (Å²) >= 11 is 1.60. The molecular formula is C23H25N3O4S. The lowest BCUT2D eigenvalue weighted by molar-refractivity contribution is -0.136. The van der Waals surface area contributed by atoms with Crippen LogP contribution in [0.3, 0.4) is 0 Å². The van der Waals surface area contributed by atoms with E-state index in [0.29, 0.717) is 24.1 Å². The van der Waals surface area contributed by atoms with Gasteiger partial charge in [-0.3, -0.25) is 14.4 Å². The van der Waals surface area contributed by atoms with Gasteiger partial charge in [-0.2, -0.15) is 0 Å². The Morgan fingerprint density at radius 3 is 2.52 bits per heavy atom. The molecule has 0 spiro atoms. The topological polar surface area (TPSA) is 98.7 Å². The van der Waals surface area contributed by atoms with Crippen LogP contribution in [0.15, 0.2) is 41.3 Å². The zero-order valence-electron chi connectivity index (χ0n) is 17.3. The summed E-state index contributed by atoms with van der Waals surface area (Å²) in [6.07, 6.45) is 3.88. The number of aliphatic hydroxyl groups is 1. The van der Waals surface area contributed by atoms with Gasteiger partial charge in [0.15, 0.2) is 0 Å². The predicted octanol–water partition coefficient (Wildman–Crippen LogP) is 2.42. The SMILES string of the molecule is CSc1ccc(C(O)CNC(=O)C(=O)Nc2cc3c4c(c2)CCC(=O)N4CCC3)cc1. The van der Waals surface area contributed by atoms with Gasteiger partial charge in [0.05, 0.1) is 11.8 Å². The van der Waals surface area contributed by atoms with Crippen LogP contribution in [0, 0.1) is 0 Å². The standard InChI is InChI=1S/C23H25N3O4S/c1-31-18-7-4-14(5-8-18)19(27)13-24-22(29)23(30)25-17-11-15-3-2-10-26-20(28)9-6-16(12-17)21(15)26/h4-5,7-8,11-12,19,27H,2-3,6,9-10,13H2,1H3,(H,24,29)(H,25,30). The van der Waals surface area contributed by atoms with Crippen molar-refractivity contribution in [3.63, 3.8) is 0 Å². The lowest BCUT2D eigenvalue weighted by Gasteiger charge is -2.35. The maximum Gasteiger partial charge on any atom is 0.313 e. The molecule has 3 N–H and O–H groups in total. The van der Waals surface area contributed by atoms with Gasteiger partial charge in [0, 0.05) is 30.1 Å². The molecule has 2 aromatic rings. The Morgan fingerprint density at radius 2 is 1.81 bits per heavy atom. The van der Waals surface area contributed by atoms with E-state index < -0.39 is 17.9 Å². The number of aryl methyl sites for hydroxylation is 2. The second-order valence-electron chi connectivity index (χ2n) is 7.75. The van der Waals surface area contributed by atoms with E-state index in [1.54, 1.807) is 23.9 Å². The lowest BCUT2D eigenvalue weighted by Crippen LogP contribution is -2.39. The lowest BCUT2D eigenvalue weighted by atomic mass is 9.91. The highest BCUT2D eigenvalue weighted by atomic mass is 32.2. The van der Waals surface area contributed by atoms with Gasteiger partial charge >= 0.3 is 11.8 Å². The number of carbonyl (C=O) groups excluding carboxylic acids is 3. The molecule has 1 atom stereocenters. The second-order valence-corrected chi connectivity index (χ2v) is 8.62. The number of aliphatic hydroxyl groups excluding tert-OH is 1. The zero-order chi connectivity index (χ0) is 22.0. The first-order valence-corrected chi connectivity index (χ1v) is 11.6. The number of amides is 3. The van der Waals surface area contributed by atoms with Gasteiger partial charge in [0.25, 0.3) is 0 Å². The number of nitrogens with zero attached hydrogens (tertiary/aromatic N) is 1. The molecule has 1 unspecified atom stereocenters. The Balaban J connectivity index is 1.38. The molecular weight excluding hydrogens is 414 g/mol. The first-order valence-electron chi connectivity index (χ1n) is 10.3. The van der Waals surface area contributed by atoms with Crippen LogP contribution in [0.1, 0.15) is 35.6 Å². The van der Waals surface area contributed by atoms with E-state index in [0.717, 1.165) is 41.1 Å². The molecule has 2 aliphatic heterocycles. The van der Waals surface area contributed by atoms with E-state index in [2.05, 4.69) is 10.6 Å². The van der Waals surface area contributed by atoms with Crippen LogP contribution in [0.2, 0.25) is 0 Å². The number of hydrogen-bond donors (Lipinski definition) is 3. The van der Waals surface area contributed by atoms with Crippen LogP contribution >= 0.6 is 11.8 Å². The highest BCUT2D eigenvalue weighted by Crippen LogP contribution is 2.37. The molecule has 7 nitrogen and oxygen atoms in total. The molecule has 0 saturated heterocycles. The van der Waals surface area contributed by atoms with E-state index in [1.165, 1.54) is 0 Å². The summed E-state index contributed by atoms with van der Waals surface area (Å²) in [7, 11) is 0. The first kappa shape index (κ1) is 21.4. The maximum absolute atomic E-state index is 12.4. The summed E-state index contributed by atoms with van der Waals surface area (Å²) in [6, 6.07) is 11.1. The number of carbonyl (C=O) groups is 3. The number of thioether (sulfide) groups is 1. The molecule has 0 fully saturated rings. The molecule has 2 aliphatic rings. The molecule has 31 heavy (non-hydrogen) atoms. The normalized spacial score (nSPS) is 15.8. The number of anilines is 2. The highest BCUT2D eigenvalue weighted by Gasteiger charge is 2.30. The quantitative estimate of drug-likeness (QED) is 0.491. The van der Waals surface area contributed by atoms with Crippen molar-refractivity contribution < 1.29 is 19.5 Å². The molecule has 0 bridgehead atoms. The summed E-state index contributed by atoms with van der Waals surface area (Å²) in [5.41, 5.74) is 4.25. The number of benzene rings is 2. The number of nitrogens with one attached hydrogen (secondary N) is 2. The molecule has 0 aliphatic carbocycles. The van der Waals surface area contributed by atoms with Crippen molar-refractivity contribution >= 4 is 40.9 Å². The minimum atomic E-state index is -0.899. The Labute approximate surface area is 185 Å². The van der Waals surface area contributed by atoms with E-state index in [9.17, 15) is 19.5 Å². The third-order valence-corrected chi connectivity index (χ3v) is 6.44. The van der Waals surface area contributed by atoms with Crippen LogP contribution in [0.5, 0.6) is 0 Å². The predicted molar refractivity (Wildman–Crippen MR) is 120 cm³/mol. The van der Waals surface area contributed by atoms with Gasteiger partial charge in [0.1, 0.15) is 0 Å². The summed E-state index contributed by atoms with van der Waals surface area (Å²) in [4.78, 5) is 39.7. The van der Waals surface area contributed by atoms with Gasteiger partial charge in [0.2, 0.25) is 5.91 Å². The molecule has 0 saturated carbocycles. The third-order valence-electron chi connectivity index (χ3n) is 5.70. The van der Waals surface area contributed by atoms with Crippen molar-refractivity contribution in [3.8, 4) is 0 Å². The van der Waals surface area contributed by atoms with E-state index in [-0.39, 0.29) is 12.5 Å². The molecule has 8 heteroatoms. The van der Waals surface area contributed by atoms with Gasteiger partial charge in [-0.25, -0.2) is 0 Å². The van der Waals surface area contributed by atoms with Crippen LogP contribution in [-0.4, -0.2) is 42.2 Å². The van der Waals surface area contributed by atoms with Crippen LogP contribution in [0.4, 0.5) is 11.4 Å². The van der Waals surface area contributed by atoms with Crippen molar-refractivity contribution in [2.24, 2.45) is 0 Å². The fourth-order valence-corrected chi connectivity index (χ4v) is 4.54. The van der Waals surface area contributed by atoms with E-state index in [1.807, 2.05) is 35.4 Å². The van der Waals surface area contributed by atoms with Crippen molar-refractivity contribution in [3.05, 3.63) is 53.1 Å². The number of hydrogen-bond acceptors (Lipinski definition) is 5. The van der Waals surface area contributed by atoms with Crippen molar-refractivity contribution in [1.29, 1.82) is 0 Å². The smallest absolute Gasteiger partial charge is 0.313 e. The van der Waals surface area contributed by atoms with Gasteiger partial charge < -0.3 is 20.6 Å². The molecule has 4 rings (SSSR count). The van der Waals surface area contributed by atoms with E-state index >= 15 is 0 Å². The van der Waals surface area contributed by atoms with Crippen LogP contribution < -0.4 is 15.5 Å². The van der Waals surface area contributed by atoms with Crippen molar-refractivity contribution in [2.75, 3.05) is 29.6 Å². The second kappa shape index (κ2) is 9.11. The first-order chi connectivity index (χ1) is 15.0. The van der Waals surface area contributed by atoms with Gasteiger partial charge in [-0.05, 0) is 66.5 Å². The average Bonchev–Trinajstić information content (AvgIpc) is 2.79. The molecule has 0 radical (unpaired) electrons. The Kier molecular flexibility index (Phi) is 6.29. The van der Waals surface area contributed by atoms with Crippen molar-refractivity contribution in [1.82, 2.24) is 5.32 Å². The fourth-order valence-electron chi connectivity index (χ4n) is 4.13. The minimum absolute atomic E-state index is 0.0582. The molecule has 2 heterocycles. The van der Waals surface area contributed by atoms with Gasteiger partial charge in [-0.1, -0.05) is 12.1 Å². The Morgan fingerprint density at radius 1 is 1.10 bits per heavy atom. The van der Waals surface area contributed by atoms with E-state index in [4.69, 9.17) is 0 Å². The zero-order valence-corrected chi connectivity index (χ0v) is 18.1. The molecule has 162 valence electrons. The molecule has 2 aromatic carbocycles. The fraction of sp³-hybridized carbons (Fsp3) is 0.348. The summed E-state index contributed by atoms with van der Waals surface area (Å²) in [5.74, 6) is -1.44. The van der Waals surface area contributed by atoms with Gasteiger partial charge in [-0.15, -0.1) is 11.8 Å². The third kappa shape index (κ3) is 4.60. The largest absolute Gasteiger partial charge is 0.387 e.